The molecule has 0 radical (unpaired) electrons. The van der Waals surface area contributed by atoms with Crippen LogP contribution in [-0.4, -0.2) is 30.2 Å². The van der Waals surface area contributed by atoms with Crippen molar-refractivity contribution in [3.63, 3.8) is 0 Å². The Morgan fingerprint density at radius 2 is 0.786 bits per heavy atom. The number of benzene rings is 2. The molecule has 5 rings (SSSR count). The van der Waals surface area contributed by atoms with Crippen molar-refractivity contribution in [3.8, 4) is 46.5 Å². The molecule has 0 N–H and O–H groups in total. The summed E-state index contributed by atoms with van der Waals surface area (Å²) in [6.07, 6.45) is 6.76. The van der Waals surface area contributed by atoms with Gasteiger partial charge in [-0.1, -0.05) is 47.2 Å². The highest BCUT2D eigenvalue weighted by atomic mass is 32.2. The first-order valence-electron chi connectivity index (χ1n) is 12.8. The minimum absolute atomic E-state index is 0.0538. The number of hydrogen-bond donors (Lipinski definition) is 0. The van der Waals surface area contributed by atoms with Gasteiger partial charge in [-0.25, -0.2) is 0 Å². The predicted octanol–water partition coefficient (Wildman–Crippen LogP) is 6.68. The summed E-state index contributed by atoms with van der Waals surface area (Å²) in [5, 5.41) is 0.108. The van der Waals surface area contributed by atoms with Crippen LogP contribution < -0.4 is 0 Å². The summed E-state index contributed by atoms with van der Waals surface area (Å²) in [5.41, 5.74) is 5.95. The molecule has 3 heterocycles. The minimum Gasteiger partial charge on any atom is -0.287 e. The lowest BCUT2D eigenvalue weighted by Gasteiger charge is -2.03. The average Bonchev–Trinajstić information content (AvgIpc) is 3.00. The number of hydrogen-bond acceptors (Lipinski definition) is 8. The molecule has 0 aliphatic rings. The van der Waals surface area contributed by atoms with E-state index in [-0.39, 0.29) is 10.2 Å². The third-order valence-corrected chi connectivity index (χ3v) is 7.23. The highest BCUT2D eigenvalue weighted by Gasteiger charge is 2.06. The van der Waals surface area contributed by atoms with Gasteiger partial charge in [0.2, 0.25) is 0 Å². The summed E-state index contributed by atoms with van der Waals surface area (Å²) >= 11 is 2.40. The molecule has 0 bridgehead atoms. The van der Waals surface area contributed by atoms with E-state index in [1.54, 1.807) is 38.6 Å². The van der Waals surface area contributed by atoms with Crippen LogP contribution in [0.5, 0.6) is 0 Å². The van der Waals surface area contributed by atoms with Gasteiger partial charge in [0.25, 0.3) is 0 Å². The van der Waals surface area contributed by atoms with Crippen LogP contribution in [-0.2, 0) is 9.59 Å². The fraction of sp³-hybridized carbons (Fsp3) is 0.0588. The van der Waals surface area contributed by atoms with Gasteiger partial charge in [0.05, 0.1) is 23.8 Å². The van der Waals surface area contributed by atoms with E-state index < -0.39 is 0 Å². The molecule has 42 heavy (non-hydrogen) atoms. The van der Waals surface area contributed by atoms with Crippen molar-refractivity contribution >= 4 is 33.8 Å². The molecule has 0 amide bonds. The lowest BCUT2D eigenvalue weighted by atomic mass is 10.2. The topological polar surface area (TPSA) is 85.7 Å². The molecule has 0 unspecified atom stereocenters. The number of pyridine rings is 2. The Morgan fingerprint density at radius 1 is 0.452 bits per heavy atom. The van der Waals surface area contributed by atoms with Crippen LogP contribution in [0.25, 0.3) is 22.8 Å². The summed E-state index contributed by atoms with van der Waals surface area (Å²) in [5.74, 6) is 12.4. The van der Waals surface area contributed by atoms with Crippen molar-refractivity contribution in [2.75, 3.05) is 0 Å². The van der Waals surface area contributed by atoms with Gasteiger partial charge >= 0.3 is 0 Å². The number of nitrogens with zero attached hydrogens (tertiary/aromatic N) is 4. The molecule has 0 aliphatic heterocycles. The van der Waals surface area contributed by atoms with E-state index >= 15 is 0 Å². The van der Waals surface area contributed by atoms with Crippen LogP contribution in [0.15, 0.2) is 107 Å². The zero-order valence-electron chi connectivity index (χ0n) is 22.7. The third-order valence-electron chi connectivity index (χ3n) is 5.64. The second-order valence-corrected chi connectivity index (χ2v) is 11.4. The molecule has 2 aromatic carbocycles. The molecule has 5 aromatic rings. The van der Waals surface area contributed by atoms with Crippen LogP contribution in [0.3, 0.4) is 0 Å². The number of carbonyl (C=O) groups is 2. The molecule has 0 spiro atoms. The molecule has 0 saturated carbocycles. The van der Waals surface area contributed by atoms with Gasteiger partial charge in [0, 0.05) is 58.3 Å². The summed E-state index contributed by atoms with van der Waals surface area (Å²) in [6, 6.07) is 22.6. The lowest BCUT2D eigenvalue weighted by Crippen LogP contribution is -1.93. The predicted molar refractivity (Wildman–Crippen MR) is 166 cm³/mol. The van der Waals surface area contributed by atoms with Crippen molar-refractivity contribution in [1.82, 2.24) is 19.9 Å². The molecule has 202 valence electrons. The number of aromatic nitrogens is 4. The Labute approximate surface area is 252 Å². The Morgan fingerprint density at radius 3 is 1.10 bits per heavy atom. The average molecular weight is 583 g/mol. The van der Waals surface area contributed by atoms with Crippen LogP contribution in [0.4, 0.5) is 0 Å². The quantitative estimate of drug-likeness (QED) is 0.171. The molecule has 3 aromatic heterocycles. The fourth-order valence-electron chi connectivity index (χ4n) is 3.66. The monoisotopic (exact) mass is 582 g/mol. The molecular formula is C34H22N4O2S2. The maximum absolute atomic E-state index is 11.2. The first-order valence-corrected chi connectivity index (χ1v) is 14.4. The fourth-order valence-corrected chi connectivity index (χ4v) is 4.87. The number of rotatable bonds is 4. The van der Waals surface area contributed by atoms with E-state index in [1.165, 1.54) is 23.5 Å². The van der Waals surface area contributed by atoms with E-state index in [4.69, 9.17) is 0 Å². The van der Waals surface area contributed by atoms with Crippen LogP contribution in [0.1, 0.15) is 36.1 Å². The molecule has 0 aliphatic carbocycles. The Balaban J connectivity index is 1.20. The summed E-state index contributed by atoms with van der Waals surface area (Å²) < 4.78 is 0. The molecule has 0 saturated heterocycles. The zero-order valence-corrected chi connectivity index (χ0v) is 24.3. The summed E-state index contributed by atoms with van der Waals surface area (Å²) in [7, 11) is 0. The number of thioether (sulfide) groups is 2. The Kier molecular flexibility index (Phi) is 9.20. The van der Waals surface area contributed by atoms with Crippen molar-refractivity contribution in [3.05, 3.63) is 120 Å². The largest absolute Gasteiger partial charge is 0.287 e. The molecule has 6 nitrogen and oxygen atoms in total. The highest BCUT2D eigenvalue weighted by Crippen LogP contribution is 2.21. The maximum atomic E-state index is 11.2. The number of carbonyl (C=O) groups excluding carboxylic acids is 2. The molecule has 8 heteroatoms. The molecule has 0 atom stereocenters. The van der Waals surface area contributed by atoms with Gasteiger partial charge < -0.3 is 0 Å². The van der Waals surface area contributed by atoms with Gasteiger partial charge in [0.1, 0.15) is 11.4 Å². The van der Waals surface area contributed by atoms with Crippen molar-refractivity contribution < 1.29 is 9.59 Å². The smallest absolute Gasteiger partial charge is 0.190 e. The minimum atomic E-state index is 0.0538. The lowest BCUT2D eigenvalue weighted by molar-refractivity contribution is -0.109. The van der Waals surface area contributed by atoms with Crippen molar-refractivity contribution in [2.24, 2.45) is 0 Å². The van der Waals surface area contributed by atoms with Crippen LogP contribution >= 0.6 is 23.5 Å². The molecule has 0 fully saturated rings. The van der Waals surface area contributed by atoms with E-state index in [0.717, 1.165) is 32.0 Å². The van der Waals surface area contributed by atoms with Crippen molar-refractivity contribution in [2.45, 2.75) is 23.6 Å². The standard InChI is InChI=1S/C34H22N4O2S2/c1-23(39)41-29-13-7-25(8-14-29)3-5-27-11-17-31(35-19-27)33-21-38-34(22-37-33)32-18-12-28(20-36-32)6-4-26-9-15-30(16-10-26)42-24(2)40/h7-22H,1-2H3. The van der Waals surface area contributed by atoms with Crippen LogP contribution in [0.2, 0.25) is 0 Å². The Hall–Kier alpha value is -5.02. The van der Waals surface area contributed by atoms with E-state index in [9.17, 15) is 9.59 Å². The zero-order chi connectivity index (χ0) is 29.3. The highest BCUT2D eigenvalue weighted by molar-refractivity contribution is 8.13. The van der Waals surface area contributed by atoms with Gasteiger partial charge in [0.15, 0.2) is 10.2 Å². The van der Waals surface area contributed by atoms with Crippen molar-refractivity contribution in [1.29, 1.82) is 0 Å². The second kappa shape index (κ2) is 13.6. The normalized spacial score (nSPS) is 10.1. The van der Waals surface area contributed by atoms with Gasteiger partial charge in [-0.15, -0.1) is 0 Å². The summed E-state index contributed by atoms with van der Waals surface area (Å²) in [4.78, 5) is 42.3. The van der Waals surface area contributed by atoms with Gasteiger partial charge in [-0.2, -0.15) is 0 Å². The second-order valence-electron chi connectivity index (χ2n) is 8.89. The SMILES string of the molecule is CC(=O)Sc1ccc(C#Cc2ccc(-c3cnc(-c4ccc(C#Cc5ccc(SC(C)=O)cc5)cn4)cn3)nc2)cc1. The summed E-state index contributed by atoms with van der Waals surface area (Å²) in [6.45, 7) is 3.09. The van der Waals surface area contributed by atoms with E-state index in [0.29, 0.717) is 22.8 Å². The third kappa shape index (κ3) is 8.02. The van der Waals surface area contributed by atoms with E-state index in [2.05, 4.69) is 43.6 Å². The van der Waals surface area contributed by atoms with Crippen LogP contribution in [0, 0.1) is 23.7 Å². The first-order chi connectivity index (χ1) is 20.4. The van der Waals surface area contributed by atoms with Gasteiger partial charge in [-0.05, 0) is 72.8 Å². The molecular weight excluding hydrogens is 561 g/mol. The Bertz CT molecular complexity index is 1710. The van der Waals surface area contributed by atoms with E-state index in [1.807, 2.05) is 72.8 Å². The first kappa shape index (κ1) is 28.5. The van der Waals surface area contributed by atoms with Gasteiger partial charge in [-0.3, -0.25) is 29.5 Å². The maximum Gasteiger partial charge on any atom is 0.190 e.